The molecular weight excluding hydrogens is 306 g/mol. The molecule has 1 saturated heterocycles. The van der Waals surface area contributed by atoms with Gasteiger partial charge >= 0.3 is 0 Å². The summed E-state index contributed by atoms with van der Waals surface area (Å²) in [6.45, 7) is 6.09. The van der Waals surface area contributed by atoms with E-state index in [4.69, 9.17) is 9.47 Å². The molecule has 1 aromatic rings. The molecule has 1 aliphatic rings. The minimum atomic E-state index is -0.246. The van der Waals surface area contributed by atoms with E-state index in [1.54, 1.807) is 7.11 Å². The lowest BCUT2D eigenvalue weighted by Gasteiger charge is -2.41. The van der Waals surface area contributed by atoms with Crippen molar-refractivity contribution in [2.24, 2.45) is 5.41 Å². The van der Waals surface area contributed by atoms with Gasteiger partial charge in [-0.25, -0.2) is 0 Å². The van der Waals surface area contributed by atoms with Gasteiger partial charge in [0.2, 0.25) is 0 Å². The first-order chi connectivity index (χ1) is 11.5. The Kier molecular flexibility index (Phi) is 6.63. The molecule has 5 nitrogen and oxygen atoms in total. The highest BCUT2D eigenvalue weighted by atomic mass is 16.5. The molecule has 2 rings (SSSR count). The molecule has 1 amide bonds. The van der Waals surface area contributed by atoms with E-state index in [2.05, 4.69) is 0 Å². The summed E-state index contributed by atoms with van der Waals surface area (Å²) in [5, 5.41) is 9.81. The van der Waals surface area contributed by atoms with Gasteiger partial charge < -0.3 is 19.5 Å². The Bertz CT molecular complexity index is 560. The number of carbonyl (C=O) groups excluding carboxylic acids is 1. The van der Waals surface area contributed by atoms with Crippen LogP contribution in [0, 0.1) is 19.3 Å². The Labute approximate surface area is 144 Å². The number of methoxy groups -OCH3 is 1. The van der Waals surface area contributed by atoms with E-state index >= 15 is 0 Å². The quantitative estimate of drug-likeness (QED) is 0.831. The first kappa shape index (κ1) is 18.7. The van der Waals surface area contributed by atoms with Crippen LogP contribution in [-0.4, -0.2) is 55.9 Å². The van der Waals surface area contributed by atoms with E-state index in [0.29, 0.717) is 13.2 Å². The Morgan fingerprint density at radius 3 is 2.79 bits per heavy atom. The summed E-state index contributed by atoms with van der Waals surface area (Å²) < 4.78 is 10.8. The number of likely N-dealkylation sites (tertiary alicyclic amines) is 1. The van der Waals surface area contributed by atoms with Crippen LogP contribution in [0.15, 0.2) is 18.2 Å². The van der Waals surface area contributed by atoms with Gasteiger partial charge in [-0.15, -0.1) is 0 Å². The zero-order valence-electron chi connectivity index (χ0n) is 15.0. The number of aliphatic hydroxyl groups is 1. The Morgan fingerprint density at radius 1 is 1.33 bits per heavy atom. The number of aryl methyl sites for hydroxylation is 2. The Morgan fingerprint density at radius 2 is 2.12 bits per heavy atom. The third kappa shape index (κ3) is 4.71. The van der Waals surface area contributed by atoms with E-state index in [1.165, 1.54) is 5.56 Å². The second-order valence-corrected chi connectivity index (χ2v) is 6.85. The van der Waals surface area contributed by atoms with Crippen molar-refractivity contribution in [1.82, 2.24) is 4.90 Å². The highest BCUT2D eigenvalue weighted by molar-refractivity contribution is 5.78. The summed E-state index contributed by atoms with van der Waals surface area (Å²) in [5.74, 6) is 0.694. The largest absolute Gasteiger partial charge is 0.484 e. The van der Waals surface area contributed by atoms with Crippen molar-refractivity contribution in [2.75, 3.05) is 40.0 Å². The summed E-state index contributed by atoms with van der Waals surface area (Å²) in [6, 6.07) is 5.84. The van der Waals surface area contributed by atoms with Gasteiger partial charge in [0.05, 0.1) is 6.61 Å². The summed E-state index contributed by atoms with van der Waals surface area (Å²) in [4.78, 5) is 14.3. The van der Waals surface area contributed by atoms with E-state index in [9.17, 15) is 9.90 Å². The maximum atomic E-state index is 12.5. The summed E-state index contributed by atoms with van der Waals surface area (Å²) in [7, 11) is 1.66. The number of carbonyl (C=O) groups is 1. The van der Waals surface area contributed by atoms with Crippen LogP contribution in [0.2, 0.25) is 0 Å². The monoisotopic (exact) mass is 335 g/mol. The van der Waals surface area contributed by atoms with Gasteiger partial charge in [-0.05, 0) is 56.4 Å². The van der Waals surface area contributed by atoms with Crippen molar-refractivity contribution >= 4 is 5.91 Å². The number of benzene rings is 1. The molecule has 1 aromatic carbocycles. The molecular formula is C19H29NO4. The molecule has 5 heteroatoms. The highest BCUT2D eigenvalue weighted by Gasteiger charge is 2.36. The first-order valence-corrected chi connectivity index (χ1v) is 8.57. The average molecular weight is 335 g/mol. The zero-order chi connectivity index (χ0) is 17.6. The molecule has 1 heterocycles. The number of piperidine rings is 1. The molecule has 1 fully saturated rings. The Balaban J connectivity index is 1.92. The molecule has 0 aliphatic carbocycles. The number of rotatable bonds is 7. The van der Waals surface area contributed by atoms with Gasteiger partial charge in [0.1, 0.15) is 5.75 Å². The molecule has 0 aromatic heterocycles. The zero-order valence-corrected chi connectivity index (χ0v) is 15.0. The predicted octanol–water partition coefficient (Wildman–Crippen LogP) is 2.32. The van der Waals surface area contributed by atoms with Crippen molar-refractivity contribution in [3.8, 4) is 5.75 Å². The first-order valence-electron chi connectivity index (χ1n) is 8.57. The number of aliphatic hydroxyl groups excluding tert-OH is 1. The second-order valence-electron chi connectivity index (χ2n) is 6.85. The van der Waals surface area contributed by atoms with Crippen molar-refractivity contribution in [3.63, 3.8) is 0 Å². The smallest absolute Gasteiger partial charge is 0.260 e. The topological polar surface area (TPSA) is 59.0 Å². The van der Waals surface area contributed by atoms with Crippen LogP contribution in [0.5, 0.6) is 5.75 Å². The molecule has 0 radical (unpaired) electrons. The maximum Gasteiger partial charge on any atom is 0.260 e. The number of ether oxygens (including phenoxy) is 2. The molecule has 24 heavy (non-hydrogen) atoms. The van der Waals surface area contributed by atoms with Crippen LogP contribution in [0.4, 0.5) is 0 Å². The third-order valence-corrected chi connectivity index (χ3v) is 5.03. The molecule has 0 bridgehead atoms. The lowest BCUT2D eigenvalue weighted by molar-refractivity contribution is -0.138. The molecule has 0 saturated carbocycles. The van der Waals surface area contributed by atoms with Gasteiger partial charge in [0.25, 0.3) is 5.91 Å². The fraction of sp³-hybridized carbons (Fsp3) is 0.632. The Hall–Kier alpha value is -1.59. The van der Waals surface area contributed by atoms with Gasteiger partial charge in [-0.2, -0.15) is 0 Å². The van der Waals surface area contributed by atoms with Gasteiger partial charge in [-0.1, -0.05) is 6.07 Å². The predicted molar refractivity (Wildman–Crippen MR) is 93.2 cm³/mol. The minimum absolute atomic E-state index is 0.0248. The van der Waals surface area contributed by atoms with Crippen molar-refractivity contribution in [2.45, 2.75) is 33.1 Å². The number of nitrogens with zero attached hydrogens (tertiary/aromatic N) is 1. The van der Waals surface area contributed by atoms with Crippen molar-refractivity contribution < 1.29 is 19.4 Å². The number of hydrogen-bond donors (Lipinski definition) is 1. The van der Waals surface area contributed by atoms with Gasteiger partial charge in [0.15, 0.2) is 6.61 Å². The summed E-state index contributed by atoms with van der Waals surface area (Å²) in [6.07, 6.45) is 2.59. The van der Waals surface area contributed by atoms with Crippen LogP contribution in [-0.2, 0) is 9.53 Å². The maximum absolute atomic E-state index is 12.5. The van der Waals surface area contributed by atoms with Crippen LogP contribution in [0.1, 0.15) is 30.4 Å². The van der Waals surface area contributed by atoms with Gasteiger partial charge in [0, 0.05) is 32.2 Å². The van der Waals surface area contributed by atoms with E-state index in [-0.39, 0.29) is 24.5 Å². The van der Waals surface area contributed by atoms with Crippen molar-refractivity contribution in [1.29, 1.82) is 0 Å². The van der Waals surface area contributed by atoms with Crippen molar-refractivity contribution in [3.05, 3.63) is 29.3 Å². The number of hydrogen-bond acceptors (Lipinski definition) is 4. The van der Waals surface area contributed by atoms with Gasteiger partial charge in [-0.3, -0.25) is 4.79 Å². The van der Waals surface area contributed by atoms with Crippen LogP contribution >= 0.6 is 0 Å². The van der Waals surface area contributed by atoms with E-state index in [1.807, 2.05) is 36.9 Å². The van der Waals surface area contributed by atoms with Crippen LogP contribution in [0.25, 0.3) is 0 Å². The molecule has 0 spiro atoms. The fourth-order valence-electron chi connectivity index (χ4n) is 3.19. The average Bonchev–Trinajstić information content (AvgIpc) is 2.61. The standard InChI is InChI=1S/C19H29NO4/c1-15-5-6-17(11-16(15)2)24-12-18(22)20-9-4-7-19(13-20,14-21)8-10-23-3/h5-6,11,21H,4,7-10,12-14H2,1-3H3. The SMILES string of the molecule is COCCC1(CO)CCCN(C(=O)COc2ccc(C)c(C)c2)C1. The third-order valence-electron chi connectivity index (χ3n) is 5.03. The molecule has 1 unspecified atom stereocenters. The van der Waals surface area contributed by atoms with Crippen LogP contribution in [0.3, 0.4) is 0 Å². The molecule has 1 N–H and O–H groups in total. The molecule has 134 valence electrons. The molecule has 1 atom stereocenters. The lowest BCUT2D eigenvalue weighted by atomic mass is 9.78. The molecule has 1 aliphatic heterocycles. The minimum Gasteiger partial charge on any atom is -0.484 e. The van der Waals surface area contributed by atoms with Crippen LogP contribution < -0.4 is 4.74 Å². The number of amides is 1. The second kappa shape index (κ2) is 8.49. The van der Waals surface area contributed by atoms with E-state index < -0.39 is 0 Å². The van der Waals surface area contributed by atoms with E-state index in [0.717, 1.165) is 37.1 Å². The summed E-state index contributed by atoms with van der Waals surface area (Å²) >= 11 is 0. The normalized spacial score (nSPS) is 20.9. The lowest BCUT2D eigenvalue weighted by Crippen LogP contribution is -2.49. The highest BCUT2D eigenvalue weighted by Crippen LogP contribution is 2.33. The summed E-state index contributed by atoms with van der Waals surface area (Å²) in [5.41, 5.74) is 2.11. The fourth-order valence-corrected chi connectivity index (χ4v) is 3.19.